The summed E-state index contributed by atoms with van der Waals surface area (Å²) in [5.74, 6) is 1.59. The molecule has 4 nitrogen and oxygen atoms in total. The standard InChI is InChI=1S/C12H11N3O/c13-8-9-4-5-11(16-9)10-2-1-3-12-14-6-7-15(10)12/h1-7H,8,13H2. The Morgan fingerprint density at radius 2 is 2.19 bits per heavy atom. The topological polar surface area (TPSA) is 56.5 Å². The quantitative estimate of drug-likeness (QED) is 0.708. The molecule has 0 amide bonds. The lowest BCUT2D eigenvalue weighted by Crippen LogP contribution is -1.93. The van der Waals surface area contributed by atoms with Gasteiger partial charge in [0.05, 0.1) is 12.2 Å². The number of nitrogens with zero attached hydrogens (tertiary/aromatic N) is 2. The van der Waals surface area contributed by atoms with Crippen molar-refractivity contribution in [3.63, 3.8) is 0 Å². The van der Waals surface area contributed by atoms with Gasteiger partial charge in [0, 0.05) is 12.4 Å². The highest BCUT2D eigenvalue weighted by Gasteiger charge is 2.07. The first kappa shape index (κ1) is 9.18. The summed E-state index contributed by atoms with van der Waals surface area (Å²) in [4.78, 5) is 4.23. The average molecular weight is 213 g/mol. The van der Waals surface area contributed by atoms with Crippen molar-refractivity contribution in [2.24, 2.45) is 5.73 Å². The average Bonchev–Trinajstić information content (AvgIpc) is 2.97. The second kappa shape index (κ2) is 3.50. The summed E-state index contributed by atoms with van der Waals surface area (Å²) >= 11 is 0. The summed E-state index contributed by atoms with van der Waals surface area (Å²) in [6.45, 7) is 0.417. The van der Waals surface area contributed by atoms with Crippen LogP contribution in [0, 0.1) is 0 Å². The van der Waals surface area contributed by atoms with Gasteiger partial charge in [0.2, 0.25) is 0 Å². The first-order chi connectivity index (χ1) is 7.88. The maximum atomic E-state index is 5.62. The number of hydrogen-bond donors (Lipinski definition) is 1. The third-order valence-electron chi connectivity index (χ3n) is 2.54. The van der Waals surface area contributed by atoms with Gasteiger partial charge in [0.1, 0.15) is 11.4 Å². The lowest BCUT2D eigenvalue weighted by molar-refractivity contribution is 0.523. The monoisotopic (exact) mass is 213 g/mol. The molecule has 0 fully saturated rings. The minimum Gasteiger partial charge on any atom is -0.458 e. The van der Waals surface area contributed by atoms with Crippen molar-refractivity contribution in [3.05, 3.63) is 48.5 Å². The molecule has 0 bridgehead atoms. The van der Waals surface area contributed by atoms with Crippen LogP contribution in [0.2, 0.25) is 0 Å². The Labute approximate surface area is 92.3 Å². The summed E-state index contributed by atoms with van der Waals surface area (Å²) in [7, 11) is 0. The van der Waals surface area contributed by atoms with Gasteiger partial charge in [0.25, 0.3) is 0 Å². The molecule has 80 valence electrons. The largest absolute Gasteiger partial charge is 0.458 e. The van der Waals surface area contributed by atoms with Crippen molar-refractivity contribution >= 4 is 5.65 Å². The SMILES string of the molecule is NCc1ccc(-c2cccc3nccn23)o1. The molecule has 3 aromatic rings. The van der Waals surface area contributed by atoms with Crippen molar-refractivity contribution in [1.29, 1.82) is 0 Å². The maximum Gasteiger partial charge on any atom is 0.151 e. The van der Waals surface area contributed by atoms with E-state index >= 15 is 0 Å². The molecule has 0 saturated heterocycles. The fourth-order valence-corrected chi connectivity index (χ4v) is 1.77. The van der Waals surface area contributed by atoms with Crippen molar-refractivity contribution in [2.45, 2.75) is 6.54 Å². The first-order valence-electron chi connectivity index (χ1n) is 5.10. The second-order valence-electron chi connectivity index (χ2n) is 3.54. The van der Waals surface area contributed by atoms with Crippen LogP contribution in [0.5, 0.6) is 0 Å². The Bertz CT molecular complexity index is 624. The van der Waals surface area contributed by atoms with Gasteiger partial charge >= 0.3 is 0 Å². The molecule has 2 N–H and O–H groups in total. The molecule has 0 aliphatic carbocycles. The summed E-state index contributed by atoms with van der Waals surface area (Å²) in [5.41, 5.74) is 7.41. The zero-order chi connectivity index (χ0) is 11.0. The summed E-state index contributed by atoms with van der Waals surface area (Å²) in [6.07, 6.45) is 3.68. The second-order valence-corrected chi connectivity index (χ2v) is 3.54. The summed E-state index contributed by atoms with van der Waals surface area (Å²) < 4.78 is 7.61. The number of imidazole rings is 1. The third-order valence-corrected chi connectivity index (χ3v) is 2.54. The van der Waals surface area contributed by atoms with Gasteiger partial charge in [-0.3, -0.25) is 4.40 Å². The van der Waals surface area contributed by atoms with E-state index in [0.717, 1.165) is 22.9 Å². The number of furan rings is 1. The van der Waals surface area contributed by atoms with Gasteiger partial charge in [-0.15, -0.1) is 0 Å². The Kier molecular flexibility index (Phi) is 2.01. The van der Waals surface area contributed by atoms with Gasteiger partial charge in [0.15, 0.2) is 5.76 Å². The van der Waals surface area contributed by atoms with Crippen molar-refractivity contribution in [3.8, 4) is 11.5 Å². The molecule has 3 heterocycles. The Hall–Kier alpha value is -2.07. The van der Waals surface area contributed by atoms with Crippen molar-refractivity contribution in [2.75, 3.05) is 0 Å². The molecule has 0 radical (unpaired) electrons. The lowest BCUT2D eigenvalue weighted by atomic mass is 10.3. The first-order valence-corrected chi connectivity index (χ1v) is 5.10. The molecule has 3 aromatic heterocycles. The molecule has 0 atom stereocenters. The number of nitrogens with two attached hydrogens (primary N) is 1. The Balaban J connectivity index is 2.21. The van der Waals surface area contributed by atoms with E-state index < -0.39 is 0 Å². The van der Waals surface area contributed by atoms with Gasteiger partial charge in [-0.25, -0.2) is 4.98 Å². The van der Waals surface area contributed by atoms with E-state index in [2.05, 4.69) is 4.98 Å². The van der Waals surface area contributed by atoms with Gasteiger partial charge in [-0.1, -0.05) is 6.07 Å². The van der Waals surface area contributed by atoms with Crippen LogP contribution >= 0.6 is 0 Å². The normalized spacial score (nSPS) is 11.1. The molecule has 0 aliphatic rings. The van der Waals surface area contributed by atoms with E-state index in [9.17, 15) is 0 Å². The fraction of sp³-hybridized carbons (Fsp3) is 0.0833. The van der Waals surface area contributed by atoms with Crippen LogP contribution in [0.25, 0.3) is 17.1 Å². The number of aromatic nitrogens is 2. The molecule has 0 aromatic carbocycles. The van der Waals surface area contributed by atoms with E-state index in [-0.39, 0.29) is 0 Å². The van der Waals surface area contributed by atoms with E-state index in [1.54, 1.807) is 6.20 Å². The molecule has 0 aliphatic heterocycles. The van der Waals surface area contributed by atoms with Crippen LogP contribution in [0.1, 0.15) is 5.76 Å². The highest BCUT2D eigenvalue weighted by Crippen LogP contribution is 2.22. The Morgan fingerprint density at radius 1 is 1.25 bits per heavy atom. The van der Waals surface area contributed by atoms with Gasteiger partial charge < -0.3 is 10.2 Å². The van der Waals surface area contributed by atoms with Crippen LogP contribution < -0.4 is 5.73 Å². The van der Waals surface area contributed by atoms with Crippen LogP contribution in [-0.4, -0.2) is 9.38 Å². The zero-order valence-electron chi connectivity index (χ0n) is 8.63. The highest BCUT2D eigenvalue weighted by atomic mass is 16.3. The smallest absolute Gasteiger partial charge is 0.151 e. The van der Waals surface area contributed by atoms with Crippen molar-refractivity contribution < 1.29 is 4.42 Å². The van der Waals surface area contributed by atoms with E-state index in [4.69, 9.17) is 10.2 Å². The van der Waals surface area contributed by atoms with Crippen LogP contribution in [-0.2, 0) is 6.54 Å². The predicted molar refractivity (Wildman–Crippen MR) is 60.8 cm³/mol. The number of rotatable bonds is 2. The summed E-state index contributed by atoms with van der Waals surface area (Å²) in [5, 5.41) is 0. The Morgan fingerprint density at radius 3 is 3.00 bits per heavy atom. The van der Waals surface area contributed by atoms with E-state index in [0.29, 0.717) is 6.54 Å². The molecule has 0 unspecified atom stereocenters. The van der Waals surface area contributed by atoms with E-state index in [1.807, 2.05) is 40.9 Å². The fourth-order valence-electron chi connectivity index (χ4n) is 1.77. The molecule has 3 rings (SSSR count). The van der Waals surface area contributed by atoms with Crippen molar-refractivity contribution in [1.82, 2.24) is 9.38 Å². The molecule has 0 spiro atoms. The minimum atomic E-state index is 0.417. The minimum absolute atomic E-state index is 0.417. The lowest BCUT2D eigenvalue weighted by Gasteiger charge is -2.01. The van der Waals surface area contributed by atoms with E-state index in [1.165, 1.54) is 0 Å². The molecule has 4 heteroatoms. The molecular formula is C12H11N3O. The van der Waals surface area contributed by atoms with Crippen LogP contribution in [0.15, 0.2) is 47.1 Å². The van der Waals surface area contributed by atoms with Crippen LogP contribution in [0.4, 0.5) is 0 Å². The number of hydrogen-bond acceptors (Lipinski definition) is 3. The molecule has 16 heavy (non-hydrogen) atoms. The maximum absolute atomic E-state index is 5.62. The van der Waals surface area contributed by atoms with Gasteiger partial charge in [-0.05, 0) is 24.3 Å². The summed E-state index contributed by atoms with van der Waals surface area (Å²) in [6, 6.07) is 9.73. The third kappa shape index (κ3) is 1.31. The highest BCUT2D eigenvalue weighted by molar-refractivity contribution is 5.58. The molecule has 0 saturated carbocycles. The molecular weight excluding hydrogens is 202 g/mol. The number of pyridine rings is 1. The zero-order valence-corrected chi connectivity index (χ0v) is 8.63. The number of fused-ring (bicyclic) bond motifs is 1. The van der Waals surface area contributed by atoms with Gasteiger partial charge in [-0.2, -0.15) is 0 Å². The predicted octanol–water partition coefficient (Wildman–Crippen LogP) is 2.05. The van der Waals surface area contributed by atoms with Crippen LogP contribution in [0.3, 0.4) is 0 Å².